The molecular formula is C33H58N4O12P2S2. The fourth-order valence-electron chi connectivity index (χ4n) is 5.19. The highest BCUT2D eigenvalue weighted by atomic mass is 32.2. The largest absolute Gasteiger partial charge is 0.356 e. The number of nitrogens with one attached hydrogen (secondary N) is 2. The van der Waals surface area contributed by atoms with Gasteiger partial charge >= 0.3 is 15.2 Å². The van der Waals surface area contributed by atoms with Gasteiger partial charge in [0.05, 0.1) is 35.0 Å². The number of rotatable bonds is 28. The van der Waals surface area contributed by atoms with Crippen molar-refractivity contribution in [3.05, 3.63) is 0 Å². The first-order chi connectivity index (χ1) is 25.0. The summed E-state index contributed by atoms with van der Waals surface area (Å²) in [6.07, 6.45) is 5.22. The Morgan fingerprint density at radius 3 is 1.55 bits per heavy atom. The van der Waals surface area contributed by atoms with Crippen LogP contribution in [0.3, 0.4) is 0 Å². The zero-order valence-corrected chi connectivity index (χ0v) is 34.7. The van der Waals surface area contributed by atoms with E-state index >= 15 is 0 Å². The average molecular weight is 829 g/mol. The van der Waals surface area contributed by atoms with Gasteiger partial charge in [-0.05, 0) is 32.1 Å². The van der Waals surface area contributed by atoms with Gasteiger partial charge in [-0.25, -0.2) is 0 Å². The summed E-state index contributed by atoms with van der Waals surface area (Å²) in [4.78, 5) is 96.6. The van der Waals surface area contributed by atoms with E-state index in [9.17, 15) is 47.7 Å². The van der Waals surface area contributed by atoms with E-state index in [2.05, 4.69) is 10.6 Å². The first-order valence-corrected chi connectivity index (χ1v) is 23.7. The highest BCUT2D eigenvalue weighted by Gasteiger charge is 2.39. The van der Waals surface area contributed by atoms with Crippen molar-refractivity contribution in [3.63, 3.8) is 0 Å². The van der Waals surface area contributed by atoms with Crippen molar-refractivity contribution in [1.29, 1.82) is 0 Å². The maximum Gasteiger partial charge on any atom is 0.330 e. The van der Waals surface area contributed by atoms with E-state index in [-0.39, 0.29) is 87.4 Å². The molecule has 0 bridgehead atoms. The van der Waals surface area contributed by atoms with Crippen molar-refractivity contribution in [2.75, 3.05) is 50.9 Å². The first kappa shape index (κ1) is 47.4. The lowest BCUT2D eigenvalue weighted by Gasteiger charge is -2.16. The molecule has 0 radical (unpaired) electrons. The van der Waals surface area contributed by atoms with Crippen LogP contribution < -0.4 is 10.6 Å². The number of hydrogen-bond acceptors (Lipinski definition) is 12. The molecule has 2 saturated heterocycles. The summed E-state index contributed by atoms with van der Waals surface area (Å²) in [7, 11) is -7.25. The zero-order valence-electron chi connectivity index (χ0n) is 31.3. The molecule has 2 heterocycles. The molecule has 2 aliphatic rings. The second-order valence-electron chi connectivity index (χ2n) is 13.6. The Balaban J connectivity index is 1.53. The maximum atomic E-state index is 12.8. The van der Waals surface area contributed by atoms with E-state index in [0.29, 0.717) is 63.1 Å². The Morgan fingerprint density at radius 1 is 0.679 bits per heavy atom. The number of imide groups is 2. The zero-order chi connectivity index (χ0) is 39.6. The van der Waals surface area contributed by atoms with Gasteiger partial charge in [0.2, 0.25) is 35.4 Å². The minimum absolute atomic E-state index is 0.0804. The fraction of sp³-hybridized carbons (Fsp3) is 0.818. The van der Waals surface area contributed by atoms with E-state index in [1.807, 2.05) is 0 Å². The molecule has 53 heavy (non-hydrogen) atoms. The summed E-state index contributed by atoms with van der Waals surface area (Å²) >= 11 is 2.56. The van der Waals surface area contributed by atoms with E-state index in [1.165, 1.54) is 33.3 Å². The van der Waals surface area contributed by atoms with E-state index < -0.39 is 37.0 Å². The molecule has 0 aromatic heterocycles. The van der Waals surface area contributed by atoms with Crippen LogP contribution in [-0.2, 0) is 46.9 Å². The summed E-state index contributed by atoms with van der Waals surface area (Å²) < 4.78 is 33.5. The monoisotopic (exact) mass is 828 g/mol. The number of unbranched alkanes of at least 4 members (excludes halogenated alkanes) is 5. The Morgan fingerprint density at radius 2 is 1.09 bits per heavy atom. The molecule has 6 amide bonds. The molecule has 4 N–H and O–H groups in total. The van der Waals surface area contributed by atoms with Crippen molar-refractivity contribution in [2.24, 2.45) is 0 Å². The molecule has 16 nitrogen and oxygen atoms in total. The number of carbonyl (C=O) groups excluding carboxylic acids is 6. The molecule has 0 spiro atoms. The minimum atomic E-state index is -3.69. The third-order valence-electron chi connectivity index (χ3n) is 8.64. The summed E-state index contributed by atoms with van der Waals surface area (Å²) in [5.74, 6) is -0.654. The van der Waals surface area contributed by atoms with Crippen LogP contribution in [0.15, 0.2) is 0 Å². The average Bonchev–Trinajstić information content (AvgIpc) is 3.51. The van der Waals surface area contributed by atoms with Crippen LogP contribution >= 0.6 is 38.7 Å². The molecular weight excluding hydrogens is 770 g/mol. The number of likely N-dealkylation sites (tertiary alicyclic amines) is 2. The third kappa shape index (κ3) is 17.3. The Bertz CT molecular complexity index is 1350. The molecule has 0 aromatic rings. The first-order valence-electron chi connectivity index (χ1n) is 18.3. The predicted octanol–water partition coefficient (Wildman–Crippen LogP) is 3.67. The fourth-order valence-corrected chi connectivity index (χ4v) is 8.76. The molecule has 4 unspecified atom stereocenters. The molecule has 0 saturated carbocycles. The Kier molecular flexibility index (Phi) is 21.4. The van der Waals surface area contributed by atoms with Gasteiger partial charge in [0.15, 0.2) is 0 Å². The van der Waals surface area contributed by atoms with Crippen LogP contribution in [0.1, 0.15) is 98.3 Å². The van der Waals surface area contributed by atoms with Crippen LogP contribution in [0.25, 0.3) is 0 Å². The highest BCUT2D eigenvalue weighted by Crippen LogP contribution is 2.47. The molecule has 0 aliphatic carbocycles. The van der Waals surface area contributed by atoms with E-state index in [4.69, 9.17) is 9.05 Å². The molecule has 0 aromatic carbocycles. The topological polar surface area (TPSA) is 226 Å². The number of nitrogens with zero attached hydrogens (tertiary/aromatic N) is 2. The van der Waals surface area contributed by atoms with Gasteiger partial charge in [-0.3, -0.25) is 47.7 Å². The molecule has 304 valence electrons. The van der Waals surface area contributed by atoms with Gasteiger partial charge in [0.25, 0.3) is 0 Å². The quantitative estimate of drug-likeness (QED) is 0.0502. The third-order valence-corrected chi connectivity index (χ3v) is 14.8. The van der Waals surface area contributed by atoms with Crippen LogP contribution in [0.4, 0.5) is 0 Å². The normalized spacial score (nSPS) is 20.1. The lowest BCUT2D eigenvalue weighted by molar-refractivity contribution is -0.140. The van der Waals surface area contributed by atoms with Crippen molar-refractivity contribution in [3.8, 4) is 0 Å². The number of thioether (sulfide) groups is 2. The lowest BCUT2D eigenvalue weighted by Crippen LogP contribution is -2.33. The molecule has 20 heteroatoms. The van der Waals surface area contributed by atoms with Crippen LogP contribution in [-0.4, -0.2) is 128 Å². The second-order valence-corrected chi connectivity index (χ2v) is 21.0. The number of carbonyl (C=O) groups is 6. The molecule has 2 rings (SSSR count). The summed E-state index contributed by atoms with van der Waals surface area (Å²) in [5, 5.41) is 4.39. The molecule has 2 aliphatic heterocycles. The van der Waals surface area contributed by atoms with Gasteiger partial charge in [-0.15, -0.1) is 23.5 Å². The van der Waals surface area contributed by atoms with Crippen LogP contribution in [0, 0.1) is 0 Å². The minimum Gasteiger partial charge on any atom is -0.356 e. The van der Waals surface area contributed by atoms with E-state index in [1.54, 1.807) is 27.7 Å². The van der Waals surface area contributed by atoms with Crippen molar-refractivity contribution < 1.29 is 56.7 Å². The van der Waals surface area contributed by atoms with Gasteiger partial charge in [-0.1, -0.05) is 40.5 Å². The van der Waals surface area contributed by atoms with Gasteiger partial charge in [0, 0.05) is 63.4 Å². The van der Waals surface area contributed by atoms with Crippen molar-refractivity contribution >= 4 is 74.2 Å². The summed E-state index contributed by atoms with van der Waals surface area (Å²) in [5.41, 5.74) is -0.984. The van der Waals surface area contributed by atoms with Crippen molar-refractivity contribution in [2.45, 2.75) is 120 Å². The van der Waals surface area contributed by atoms with Gasteiger partial charge in [-0.2, -0.15) is 0 Å². The molecule has 2 fully saturated rings. The Labute approximate surface area is 321 Å². The SMILES string of the molecule is CC(C)P(=O)(O)OCCCCCNC(=O)CCSC1CC(=O)N(CCCCCCN2C(=O)CC(SCCC(=O)NCCOP(=O)(O)C(C)C)C2=O)C1=O. The van der Waals surface area contributed by atoms with Crippen molar-refractivity contribution in [1.82, 2.24) is 20.4 Å². The summed E-state index contributed by atoms with van der Waals surface area (Å²) in [6.45, 7) is 7.66. The standard InChI is InChI=1S/C33H58N4O12P2S2/c1-24(2)50(44,45)48-18-11-7-8-14-34-28(38)12-20-52-26-22-30(40)36(32(26)42)16-9-5-6-10-17-37-31(41)23-27(33(37)43)53-21-13-29(39)35-15-19-49-51(46,47)25(3)4/h24-27H,5-23H2,1-4H3,(H,34,38)(H,35,39)(H,44,45)(H,46,47). The summed E-state index contributed by atoms with van der Waals surface area (Å²) in [6, 6.07) is 0. The van der Waals surface area contributed by atoms with Gasteiger partial charge in [0.1, 0.15) is 0 Å². The lowest BCUT2D eigenvalue weighted by atomic mass is 10.2. The van der Waals surface area contributed by atoms with Crippen LogP contribution in [0.5, 0.6) is 0 Å². The van der Waals surface area contributed by atoms with Crippen LogP contribution in [0.2, 0.25) is 0 Å². The predicted molar refractivity (Wildman–Crippen MR) is 205 cm³/mol. The smallest absolute Gasteiger partial charge is 0.330 e. The molecule has 4 atom stereocenters. The number of hydrogen-bond donors (Lipinski definition) is 4. The number of amides is 6. The Hall–Kier alpha value is -1.78. The van der Waals surface area contributed by atoms with E-state index in [0.717, 1.165) is 6.42 Å². The second kappa shape index (κ2) is 24.0. The maximum absolute atomic E-state index is 12.8. The van der Waals surface area contributed by atoms with Gasteiger partial charge < -0.3 is 29.5 Å². The highest BCUT2D eigenvalue weighted by molar-refractivity contribution is 8.00.